The molecule has 0 amide bonds. The molecule has 0 aromatic carbocycles. The first-order valence-corrected chi connectivity index (χ1v) is 5.09. The molecule has 0 aromatic heterocycles. The Morgan fingerprint density at radius 3 is 2.64 bits per heavy atom. The lowest BCUT2D eigenvalue weighted by Gasteiger charge is -2.06. The fourth-order valence-corrected chi connectivity index (χ4v) is 1.19. The van der Waals surface area contributed by atoms with Crippen molar-refractivity contribution in [2.75, 3.05) is 7.05 Å². The maximum atomic E-state index is 11.3. The third-order valence-electron chi connectivity index (χ3n) is 1.93. The summed E-state index contributed by atoms with van der Waals surface area (Å²) in [5.41, 5.74) is 0. The summed E-state index contributed by atoms with van der Waals surface area (Å²) in [6.45, 7) is 1.84. The minimum Gasteiger partial charge on any atom is -0.394 e. The Morgan fingerprint density at radius 1 is 1.50 bits per heavy atom. The Bertz CT molecular complexity index is 226. The molecule has 0 saturated heterocycles. The van der Waals surface area contributed by atoms with Crippen molar-refractivity contribution in [3.63, 3.8) is 0 Å². The smallest absolute Gasteiger partial charge is 0.193 e. The highest BCUT2D eigenvalue weighted by Gasteiger charge is 2.13. The molecule has 4 heteroatoms. The predicted molar refractivity (Wildman–Crippen MR) is 60.2 cm³/mol. The Morgan fingerprint density at radius 2 is 2.14 bits per heavy atom. The van der Waals surface area contributed by atoms with E-state index in [2.05, 4.69) is 17.9 Å². The van der Waals surface area contributed by atoms with Crippen molar-refractivity contribution in [3.05, 3.63) is 12.3 Å². The molecule has 0 aliphatic rings. The van der Waals surface area contributed by atoms with Crippen molar-refractivity contribution >= 4 is 23.5 Å². The molecule has 0 aliphatic carbocycles. The number of carbonyl (C=O) groups is 2. The lowest BCUT2D eigenvalue weighted by Crippen LogP contribution is -2.13. The topological polar surface area (TPSA) is 46.2 Å². The van der Waals surface area contributed by atoms with Gasteiger partial charge in [0.1, 0.15) is 5.78 Å². The van der Waals surface area contributed by atoms with E-state index in [1.54, 1.807) is 0 Å². The highest BCUT2D eigenvalue weighted by molar-refractivity contribution is 7.96. The molecule has 0 aromatic rings. The van der Waals surface area contributed by atoms with Crippen LogP contribution in [0, 0.1) is 5.92 Å². The molecule has 14 heavy (non-hydrogen) atoms. The number of thiol groups is 1. The third kappa shape index (κ3) is 6.71. The molecule has 0 rings (SSSR count). The van der Waals surface area contributed by atoms with Crippen molar-refractivity contribution in [1.29, 1.82) is 0 Å². The summed E-state index contributed by atoms with van der Waals surface area (Å²) in [5.74, 6) is -0.0875. The highest BCUT2D eigenvalue weighted by Crippen LogP contribution is 2.10. The van der Waals surface area contributed by atoms with Crippen LogP contribution in [0.3, 0.4) is 0 Å². The quantitative estimate of drug-likeness (QED) is 0.500. The van der Waals surface area contributed by atoms with E-state index >= 15 is 0 Å². The largest absolute Gasteiger partial charge is 0.394 e. The van der Waals surface area contributed by atoms with E-state index in [1.807, 2.05) is 26.2 Å². The zero-order valence-corrected chi connectivity index (χ0v) is 9.51. The van der Waals surface area contributed by atoms with Gasteiger partial charge in [-0.1, -0.05) is 13.0 Å². The summed E-state index contributed by atoms with van der Waals surface area (Å²) < 4.78 is 0. The van der Waals surface area contributed by atoms with Gasteiger partial charge in [0.25, 0.3) is 0 Å². The van der Waals surface area contributed by atoms with Crippen LogP contribution in [0.25, 0.3) is 0 Å². The zero-order chi connectivity index (χ0) is 11.0. The molecule has 0 radical (unpaired) electrons. The second-order valence-electron chi connectivity index (χ2n) is 3.21. The van der Waals surface area contributed by atoms with Crippen LogP contribution in [0.5, 0.6) is 0 Å². The van der Waals surface area contributed by atoms with Gasteiger partial charge in [0.2, 0.25) is 0 Å². The number of ketones is 1. The molecule has 0 heterocycles. The van der Waals surface area contributed by atoms with E-state index in [9.17, 15) is 9.59 Å². The maximum Gasteiger partial charge on any atom is 0.193 e. The molecule has 80 valence electrons. The maximum absolute atomic E-state index is 11.3. The van der Waals surface area contributed by atoms with Gasteiger partial charge in [-0.2, -0.15) is 0 Å². The third-order valence-corrected chi connectivity index (χ3v) is 2.08. The second kappa shape index (κ2) is 7.62. The van der Waals surface area contributed by atoms with Crippen molar-refractivity contribution in [1.82, 2.24) is 5.32 Å². The Balaban J connectivity index is 3.72. The van der Waals surface area contributed by atoms with E-state index in [-0.39, 0.29) is 23.2 Å². The van der Waals surface area contributed by atoms with Crippen LogP contribution in [0.1, 0.15) is 26.2 Å². The number of allylic oxidation sites excluding steroid dienone is 1. The Hall–Kier alpha value is -0.770. The summed E-state index contributed by atoms with van der Waals surface area (Å²) in [6.07, 6.45) is 5.36. The Kier molecular flexibility index (Phi) is 7.20. The van der Waals surface area contributed by atoms with Gasteiger partial charge in [-0.3, -0.25) is 9.59 Å². The van der Waals surface area contributed by atoms with Gasteiger partial charge in [0.15, 0.2) is 5.12 Å². The van der Waals surface area contributed by atoms with Crippen LogP contribution < -0.4 is 5.32 Å². The predicted octanol–water partition coefficient (Wildman–Crippen LogP) is 1.55. The number of rotatable bonds is 7. The number of nitrogens with one attached hydrogen (secondary N) is 1. The fraction of sp³-hybridized carbons (Fsp3) is 0.600. The van der Waals surface area contributed by atoms with Crippen molar-refractivity contribution in [2.45, 2.75) is 26.2 Å². The summed E-state index contributed by atoms with van der Waals surface area (Å²) in [4.78, 5) is 21.9. The standard InChI is InChI=1S/C10H17NO2S/c1-8(5-3-4-6-11-2)9(12)7-10(13)14/h4,6,8,11H,3,5,7H2,1-2H3,(H,13,14)/b6-4+/t8-/m1/s1. The lowest BCUT2D eigenvalue weighted by atomic mass is 9.99. The van der Waals surface area contributed by atoms with Crippen LogP contribution in [0.4, 0.5) is 0 Å². The molecule has 0 aliphatic heterocycles. The van der Waals surface area contributed by atoms with E-state index < -0.39 is 0 Å². The zero-order valence-electron chi connectivity index (χ0n) is 8.62. The molecule has 0 saturated carbocycles. The second-order valence-corrected chi connectivity index (χ2v) is 3.71. The first-order valence-electron chi connectivity index (χ1n) is 4.64. The first kappa shape index (κ1) is 13.2. The van der Waals surface area contributed by atoms with Crippen molar-refractivity contribution in [3.8, 4) is 0 Å². The molecule has 1 N–H and O–H groups in total. The summed E-state index contributed by atoms with van der Waals surface area (Å²) >= 11 is 3.57. The van der Waals surface area contributed by atoms with Gasteiger partial charge in [-0.15, -0.1) is 12.6 Å². The van der Waals surface area contributed by atoms with Gasteiger partial charge in [0, 0.05) is 13.0 Å². The summed E-state index contributed by atoms with van der Waals surface area (Å²) in [7, 11) is 1.82. The molecule has 1 atom stereocenters. The van der Waals surface area contributed by atoms with Crippen LogP contribution in [0.15, 0.2) is 12.3 Å². The molecule has 0 fully saturated rings. The van der Waals surface area contributed by atoms with E-state index in [1.165, 1.54) is 0 Å². The highest BCUT2D eigenvalue weighted by atomic mass is 32.1. The van der Waals surface area contributed by atoms with Crippen LogP contribution in [-0.2, 0) is 9.59 Å². The van der Waals surface area contributed by atoms with Gasteiger partial charge in [-0.25, -0.2) is 0 Å². The van der Waals surface area contributed by atoms with Gasteiger partial charge >= 0.3 is 0 Å². The monoisotopic (exact) mass is 215 g/mol. The summed E-state index contributed by atoms with van der Waals surface area (Å²) in [5, 5.41) is 2.52. The van der Waals surface area contributed by atoms with E-state index in [0.717, 1.165) is 12.8 Å². The van der Waals surface area contributed by atoms with Gasteiger partial charge < -0.3 is 5.32 Å². The van der Waals surface area contributed by atoms with Crippen LogP contribution in [-0.4, -0.2) is 17.9 Å². The minimum atomic E-state index is -0.354. The molecule has 0 unspecified atom stereocenters. The lowest BCUT2D eigenvalue weighted by molar-refractivity contribution is -0.125. The Labute approximate surface area is 90.4 Å². The van der Waals surface area contributed by atoms with Crippen LogP contribution in [0.2, 0.25) is 0 Å². The van der Waals surface area contributed by atoms with Gasteiger partial charge in [0.05, 0.1) is 6.42 Å². The number of Topliss-reactive ketones (excluding diaryl/α,β-unsaturated/α-hetero) is 1. The van der Waals surface area contributed by atoms with E-state index in [4.69, 9.17) is 0 Å². The SMILES string of the molecule is CN/C=C/CC[C@@H](C)C(=O)CC(=O)S. The number of carbonyl (C=O) groups excluding carboxylic acids is 2. The van der Waals surface area contributed by atoms with E-state index in [0.29, 0.717) is 0 Å². The van der Waals surface area contributed by atoms with Crippen molar-refractivity contribution in [2.24, 2.45) is 5.92 Å². The average molecular weight is 215 g/mol. The summed E-state index contributed by atoms with van der Waals surface area (Å²) in [6, 6.07) is 0. The number of hydrogen-bond acceptors (Lipinski definition) is 3. The van der Waals surface area contributed by atoms with Crippen molar-refractivity contribution < 1.29 is 9.59 Å². The molecular weight excluding hydrogens is 198 g/mol. The number of hydrogen-bond donors (Lipinski definition) is 2. The molecule has 0 bridgehead atoms. The minimum absolute atomic E-state index is 0.0251. The normalized spacial score (nSPS) is 12.8. The van der Waals surface area contributed by atoms with Crippen LogP contribution >= 0.6 is 12.6 Å². The molecular formula is C10H17NO2S. The molecule has 3 nitrogen and oxygen atoms in total. The first-order chi connectivity index (χ1) is 6.57. The van der Waals surface area contributed by atoms with Gasteiger partial charge in [-0.05, 0) is 19.0 Å². The fourth-order valence-electron chi connectivity index (χ4n) is 1.03. The molecule has 0 spiro atoms. The average Bonchev–Trinajstić information content (AvgIpc) is 2.11.